The summed E-state index contributed by atoms with van der Waals surface area (Å²) in [5.41, 5.74) is 2.22. The average Bonchev–Trinajstić information content (AvgIpc) is 2.37. The minimum absolute atomic E-state index is 0.214. The van der Waals surface area contributed by atoms with Crippen molar-refractivity contribution in [3.63, 3.8) is 0 Å². The maximum Gasteiger partial charge on any atom is 0.123 e. The van der Waals surface area contributed by atoms with Gasteiger partial charge in [0.25, 0.3) is 0 Å². The number of hydrogen-bond acceptors (Lipinski definition) is 3. The Kier molecular flexibility index (Phi) is 6.21. The lowest BCUT2D eigenvalue weighted by atomic mass is 10.0. The molecule has 20 heavy (non-hydrogen) atoms. The zero-order chi connectivity index (χ0) is 15.3. The van der Waals surface area contributed by atoms with Crippen molar-refractivity contribution in [1.29, 1.82) is 0 Å². The lowest BCUT2D eigenvalue weighted by molar-refractivity contribution is 0.410. The molecule has 4 heteroatoms. The first kappa shape index (κ1) is 17.2. The molecule has 2 atom stereocenters. The van der Waals surface area contributed by atoms with E-state index in [2.05, 4.69) is 31.3 Å². The summed E-state index contributed by atoms with van der Waals surface area (Å²) in [6, 6.07) is 6.43. The molecule has 3 nitrogen and oxygen atoms in total. The van der Waals surface area contributed by atoms with E-state index in [1.54, 1.807) is 7.11 Å². The third-order valence-corrected chi connectivity index (χ3v) is 5.22. The van der Waals surface area contributed by atoms with Gasteiger partial charge in [-0.1, -0.05) is 13.0 Å². The lowest BCUT2D eigenvalue weighted by Gasteiger charge is -2.20. The SMILES string of the molecule is CCNC(C)c1ccc(OC)c(CS(=O)C(C)(C)C)c1. The Morgan fingerprint density at radius 1 is 1.35 bits per heavy atom. The second-order valence-electron chi connectivity index (χ2n) is 5.95. The molecule has 1 aromatic rings. The van der Waals surface area contributed by atoms with Crippen LogP contribution in [0, 0.1) is 0 Å². The summed E-state index contributed by atoms with van der Waals surface area (Å²) in [6.07, 6.45) is 0. The third kappa shape index (κ3) is 4.60. The van der Waals surface area contributed by atoms with Gasteiger partial charge in [0.1, 0.15) is 5.75 Å². The smallest absolute Gasteiger partial charge is 0.123 e. The maximum atomic E-state index is 12.3. The summed E-state index contributed by atoms with van der Waals surface area (Å²) in [5, 5.41) is 3.39. The number of nitrogens with one attached hydrogen (secondary N) is 1. The number of hydrogen-bond donors (Lipinski definition) is 1. The van der Waals surface area contributed by atoms with E-state index in [0.29, 0.717) is 5.75 Å². The molecule has 0 aliphatic rings. The van der Waals surface area contributed by atoms with Gasteiger partial charge in [0.15, 0.2) is 0 Å². The predicted molar refractivity (Wildman–Crippen MR) is 86.7 cm³/mol. The second kappa shape index (κ2) is 7.23. The van der Waals surface area contributed by atoms with Gasteiger partial charge in [0.2, 0.25) is 0 Å². The first-order valence-electron chi connectivity index (χ1n) is 7.08. The van der Waals surface area contributed by atoms with Crippen LogP contribution < -0.4 is 10.1 Å². The molecule has 1 rings (SSSR count). The largest absolute Gasteiger partial charge is 0.496 e. The van der Waals surface area contributed by atoms with Gasteiger partial charge in [-0.2, -0.15) is 0 Å². The van der Waals surface area contributed by atoms with Gasteiger partial charge >= 0.3 is 0 Å². The second-order valence-corrected chi connectivity index (χ2v) is 8.16. The van der Waals surface area contributed by atoms with Crippen LogP contribution in [0.15, 0.2) is 18.2 Å². The molecule has 1 aromatic carbocycles. The topological polar surface area (TPSA) is 38.3 Å². The molecule has 0 fully saturated rings. The van der Waals surface area contributed by atoms with Crippen LogP contribution >= 0.6 is 0 Å². The Morgan fingerprint density at radius 2 is 2.00 bits per heavy atom. The molecule has 2 unspecified atom stereocenters. The summed E-state index contributed by atoms with van der Waals surface area (Å²) in [7, 11) is 0.733. The van der Waals surface area contributed by atoms with Crippen molar-refractivity contribution in [2.24, 2.45) is 0 Å². The molecule has 0 aromatic heterocycles. The van der Waals surface area contributed by atoms with Crippen LogP contribution in [0.25, 0.3) is 0 Å². The Morgan fingerprint density at radius 3 is 2.50 bits per heavy atom. The van der Waals surface area contributed by atoms with E-state index in [9.17, 15) is 4.21 Å². The van der Waals surface area contributed by atoms with Crippen molar-refractivity contribution < 1.29 is 8.95 Å². The maximum absolute atomic E-state index is 12.3. The minimum atomic E-state index is -0.926. The van der Waals surface area contributed by atoms with Gasteiger partial charge in [-0.05, 0) is 51.9 Å². The van der Waals surface area contributed by atoms with Crippen molar-refractivity contribution in [3.8, 4) is 5.75 Å². The van der Waals surface area contributed by atoms with Crippen molar-refractivity contribution in [2.45, 2.75) is 51.2 Å². The average molecular weight is 297 g/mol. The molecule has 0 aliphatic carbocycles. The third-order valence-electron chi connectivity index (χ3n) is 3.28. The first-order chi connectivity index (χ1) is 9.29. The molecule has 0 heterocycles. The van der Waals surface area contributed by atoms with E-state index in [0.717, 1.165) is 17.9 Å². The number of benzene rings is 1. The Labute approximate surface area is 125 Å². The highest BCUT2D eigenvalue weighted by atomic mass is 32.2. The Hall–Kier alpha value is -0.870. The van der Waals surface area contributed by atoms with Gasteiger partial charge in [-0.25, -0.2) is 0 Å². The molecule has 0 aliphatic heterocycles. The fourth-order valence-electron chi connectivity index (χ4n) is 1.96. The van der Waals surface area contributed by atoms with Crippen LogP contribution in [0.5, 0.6) is 5.75 Å². The number of ether oxygens (including phenoxy) is 1. The molecule has 0 amide bonds. The molecule has 0 saturated heterocycles. The molecular formula is C16H27NO2S. The number of rotatable bonds is 6. The monoisotopic (exact) mass is 297 g/mol. The zero-order valence-corrected chi connectivity index (χ0v) is 14.3. The molecule has 114 valence electrons. The highest BCUT2D eigenvalue weighted by Gasteiger charge is 2.21. The van der Waals surface area contributed by atoms with Gasteiger partial charge in [0, 0.05) is 27.2 Å². The Balaban J connectivity index is 3.03. The standard InChI is InChI=1S/C16H27NO2S/c1-7-17-12(2)13-8-9-15(19-6)14(10-13)11-20(18)16(3,4)5/h8-10,12,17H,7,11H2,1-6H3. The van der Waals surface area contributed by atoms with Crippen LogP contribution in [-0.2, 0) is 16.6 Å². The summed E-state index contributed by atoms with van der Waals surface area (Å²) in [4.78, 5) is 0. The normalized spacial score (nSPS) is 14.9. The van der Waals surface area contributed by atoms with Gasteiger partial charge in [-0.15, -0.1) is 0 Å². The summed E-state index contributed by atoms with van der Waals surface area (Å²) in [5.74, 6) is 1.34. The quantitative estimate of drug-likeness (QED) is 0.874. The summed E-state index contributed by atoms with van der Waals surface area (Å²) >= 11 is 0. The lowest BCUT2D eigenvalue weighted by Crippen LogP contribution is -2.23. The fraction of sp³-hybridized carbons (Fsp3) is 0.625. The van der Waals surface area contributed by atoms with Crippen LogP contribution in [0.2, 0.25) is 0 Å². The van der Waals surface area contributed by atoms with E-state index in [4.69, 9.17) is 4.74 Å². The van der Waals surface area contributed by atoms with Crippen LogP contribution in [0.1, 0.15) is 51.8 Å². The van der Waals surface area contributed by atoms with Crippen LogP contribution in [-0.4, -0.2) is 22.6 Å². The fourth-order valence-corrected chi connectivity index (χ4v) is 2.90. The van der Waals surface area contributed by atoms with Crippen molar-refractivity contribution in [3.05, 3.63) is 29.3 Å². The molecular weight excluding hydrogens is 270 g/mol. The minimum Gasteiger partial charge on any atom is -0.496 e. The van der Waals surface area contributed by atoms with Gasteiger partial charge in [-0.3, -0.25) is 4.21 Å². The van der Waals surface area contributed by atoms with E-state index >= 15 is 0 Å². The molecule has 1 N–H and O–H groups in total. The molecule has 0 radical (unpaired) electrons. The van der Waals surface area contributed by atoms with E-state index < -0.39 is 10.8 Å². The molecule has 0 bridgehead atoms. The number of methoxy groups -OCH3 is 1. The van der Waals surface area contributed by atoms with Gasteiger partial charge in [0.05, 0.1) is 12.9 Å². The van der Waals surface area contributed by atoms with Crippen molar-refractivity contribution >= 4 is 10.8 Å². The molecule has 0 saturated carbocycles. The summed E-state index contributed by atoms with van der Waals surface area (Å²) in [6.45, 7) is 11.2. The van der Waals surface area contributed by atoms with Crippen LogP contribution in [0.3, 0.4) is 0 Å². The van der Waals surface area contributed by atoms with Crippen molar-refractivity contribution in [2.75, 3.05) is 13.7 Å². The highest BCUT2D eigenvalue weighted by molar-refractivity contribution is 7.85. The van der Waals surface area contributed by atoms with E-state index in [1.165, 1.54) is 5.56 Å². The zero-order valence-electron chi connectivity index (χ0n) is 13.4. The summed E-state index contributed by atoms with van der Waals surface area (Å²) < 4.78 is 17.5. The predicted octanol–water partition coefficient (Wildman–Crippen LogP) is 3.41. The first-order valence-corrected chi connectivity index (χ1v) is 8.40. The Bertz CT molecular complexity index is 466. The van der Waals surface area contributed by atoms with Gasteiger partial charge < -0.3 is 10.1 Å². The van der Waals surface area contributed by atoms with Crippen LogP contribution in [0.4, 0.5) is 0 Å². The molecule has 0 spiro atoms. The van der Waals surface area contributed by atoms with Crippen molar-refractivity contribution in [1.82, 2.24) is 5.32 Å². The van der Waals surface area contributed by atoms with E-state index in [-0.39, 0.29) is 10.8 Å². The highest BCUT2D eigenvalue weighted by Crippen LogP contribution is 2.27. The van der Waals surface area contributed by atoms with E-state index in [1.807, 2.05) is 26.8 Å².